The molecule has 0 aromatic rings. The summed E-state index contributed by atoms with van der Waals surface area (Å²) in [6, 6.07) is 0. The van der Waals surface area contributed by atoms with E-state index in [1.165, 1.54) is 6.08 Å². The average Bonchev–Trinajstić information content (AvgIpc) is 1.59. The van der Waals surface area contributed by atoms with Crippen LogP contribution in [0.1, 0.15) is 6.42 Å². The van der Waals surface area contributed by atoms with Crippen LogP contribution in [0.3, 0.4) is 0 Å². The predicted octanol–water partition coefficient (Wildman–Crippen LogP) is 1.72. The van der Waals surface area contributed by atoms with Gasteiger partial charge in [0, 0.05) is 0 Å². The van der Waals surface area contributed by atoms with Crippen LogP contribution in [-0.4, -0.2) is 11.1 Å². The second-order valence-corrected chi connectivity index (χ2v) is 3.10. The number of rotatable bonds is 3. The summed E-state index contributed by atoms with van der Waals surface area (Å²) in [5.41, 5.74) is 0. The summed E-state index contributed by atoms with van der Waals surface area (Å²) >= 11 is 0. The zero-order valence-corrected chi connectivity index (χ0v) is 5.27. The second-order valence-electron chi connectivity index (χ2n) is 1.42. The number of allylic oxidation sites excluding steroid dienone is 1. The van der Waals surface area contributed by atoms with E-state index >= 15 is 0 Å². The van der Waals surface area contributed by atoms with E-state index in [-0.39, 0.29) is 12.6 Å². The summed E-state index contributed by atoms with van der Waals surface area (Å²) in [6.07, 6.45) is 1.35. The van der Waals surface area contributed by atoms with Crippen LogP contribution in [0.15, 0.2) is 12.7 Å². The summed E-state index contributed by atoms with van der Waals surface area (Å²) in [7, 11) is -4.25. The summed E-state index contributed by atoms with van der Waals surface area (Å²) < 4.78 is 21.5. The van der Waals surface area contributed by atoms with E-state index in [9.17, 15) is 8.76 Å². The fraction of sp³-hybridized carbons (Fsp3) is 0.500. The molecule has 0 aliphatic carbocycles. The Morgan fingerprint density at radius 1 is 1.88 bits per heavy atom. The fourth-order valence-electron chi connectivity index (χ4n) is 0.251. The molecular weight excluding hydrogens is 130 g/mol. The van der Waals surface area contributed by atoms with Crippen LogP contribution < -0.4 is 0 Å². The Balaban J connectivity index is 3.40. The van der Waals surface area contributed by atoms with Gasteiger partial charge in [-0.2, -0.15) is 4.20 Å². The van der Waals surface area contributed by atoms with Crippen molar-refractivity contribution < 1.29 is 13.7 Å². The molecule has 1 N–H and O–H groups in total. The maximum Gasteiger partial charge on any atom is 0.365 e. The summed E-state index contributed by atoms with van der Waals surface area (Å²) in [6.45, 7) is 3.26. The van der Waals surface area contributed by atoms with Crippen molar-refractivity contribution >= 4 is 7.68 Å². The molecule has 0 spiro atoms. The highest BCUT2D eigenvalue weighted by Gasteiger charge is 2.12. The molecule has 48 valence electrons. The normalized spacial score (nSPS) is 17.2. The maximum atomic E-state index is 11.6. The molecule has 0 rings (SSSR count). The van der Waals surface area contributed by atoms with Crippen LogP contribution in [-0.2, 0) is 4.57 Å². The van der Waals surface area contributed by atoms with Crippen molar-refractivity contribution in [2.75, 3.05) is 6.16 Å². The van der Waals surface area contributed by atoms with Crippen molar-refractivity contribution in [3.63, 3.8) is 0 Å². The van der Waals surface area contributed by atoms with Gasteiger partial charge in [0.25, 0.3) is 0 Å². The standard InChI is InChI=1S/C4H8FO2P/c1-2-3-4-8(5,6)7/h2H,1,3-4H2,(H,6,7). The van der Waals surface area contributed by atoms with Crippen LogP contribution >= 0.6 is 7.68 Å². The minimum absolute atomic E-state index is 0.254. The first kappa shape index (κ1) is 7.86. The Bertz CT molecular complexity index is 117. The molecule has 4 heteroatoms. The Labute approximate surface area is 47.6 Å². The van der Waals surface area contributed by atoms with Crippen LogP contribution in [0.25, 0.3) is 0 Å². The van der Waals surface area contributed by atoms with E-state index in [2.05, 4.69) is 6.58 Å². The van der Waals surface area contributed by atoms with Crippen LogP contribution in [0, 0.1) is 0 Å². The molecule has 0 aromatic heterocycles. The third-order valence-corrected chi connectivity index (χ3v) is 1.42. The molecule has 0 amide bonds. The van der Waals surface area contributed by atoms with Crippen molar-refractivity contribution in [3.05, 3.63) is 12.7 Å². The molecule has 0 saturated heterocycles. The van der Waals surface area contributed by atoms with E-state index in [0.717, 1.165) is 0 Å². The molecular formula is C4H8FO2P. The Morgan fingerprint density at radius 2 is 2.38 bits per heavy atom. The average molecular weight is 138 g/mol. The number of hydrogen-bond acceptors (Lipinski definition) is 1. The van der Waals surface area contributed by atoms with Gasteiger partial charge in [0.05, 0.1) is 6.16 Å². The van der Waals surface area contributed by atoms with Crippen molar-refractivity contribution in [2.24, 2.45) is 0 Å². The van der Waals surface area contributed by atoms with Gasteiger partial charge in [-0.05, 0) is 6.42 Å². The summed E-state index contributed by atoms with van der Waals surface area (Å²) in [4.78, 5) is 7.99. The van der Waals surface area contributed by atoms with Gasteiger partial charge < -0.3 is 4.89 Å². The van der Waals surface area contributed by atoms with Gasteiger partial charge in [-0.15, -0.1) is 6.58 Å². The second kappa shape index (κ2) is 3.00. The number of halogens is 1. The zero-order valence-electron chi connectivity index (χ0n) is 4.38. The predicted molar refractivity (Wildman–Crippen MR) is 30.6 cm³/mol. The van der Waals surface area contributed by atoms with Gasteiger partial charge in [0.15, 0.2) is 0 Å². The van der Waals surface area contributed by atoms with Crippen LogP contribution in [0.4, 0.5) is 4.20 Å². The number of hydrogen-bond donors (Lipinski definition) is 1. The molecule has 0 radical (unpaired) electrons. The SMILES string of the molecule is C=CCCP(=O)(O)F. The zero-order chi connectivity index (χ0) is 6.62. The lowest BCUT2D eigenvalue weighted by Crippen LogP contribution is -1.78. The lowest BCUT2D eigenvalue weighted by atomic mass is 10.5. The topological polar surface area (TPSA) is 37.3 Å². The fourth-order valence-corrected chi connectivity index (χ4v) is 0.752. The Morgan fingerprint density at radius 3 is 2.50 bits per heavy atom. The largest absolute Gasteiger partial charge is 0.365 e. The molecule has 0 aliphatic heterocycles. The molecule has 0 saturated carbocycles. The van der Waals surface area contributed by atoms with E-state index in [1.54, 1.807) is 0 Å². The van der Waals surface area contributed by atoms with Gasteiger partial charge in [-0.3, -0.25) is 4.57 Å². The third-order valence-electron chi connectivity index (χ3n) is 0.609. The third kappa shape index (κ3) is 5.86. The molecule has 1 atom stereocenters. The minimum Gasteiger partial charge on any atom is -0.321 e. The highest BCUT2D eigenvalue weighted by atomic mass is 31.2. The van der Waals surface area contributed by atoms with E-state index < -0.39 is 7.68 Å². The van der Waals surface area contributed by atoms with Crippen molar-refractivity contribution in [3.8, 4) is 0 Å². The first-order valence-electron chi connectivity index (χ1n) is 2.18. The van der Waals surface area contributed by atoms with Gasteiger partial charge >= 0.3 is 7.68 Å². The lowest BCUT2D eigenvalue weighted by molar-refractivity contribution is 0.429. The molecule has 2 nitrogen and oxygen atoms in total. The maximum absolute atomic E-state index is 11.6. The Hall–Kier alpha value is -0.140. The molecule has 0 fully saturated rings. The molecule has 0 aromatic carbocycles. The highest BCUT2D eigenvalue weighted by molar-refractivity contribution is 7.52. The molecule has 1 unspecified atom stereocenters. The van der Waals surface area contributed by atoms with Crippen molar-refractivity contribution in [2.45, 2.75) is 6.42 Å². The van der Waals surface area contributed by atoms with Gasteiger partial charge in [-0.25, -0.2) is 0 Å². The van der Waals surface area contributed by atoms with E-state index in [4.69, 9.17) is 4.89 Å². The highest BCUT2D eigenvalue weighted by Crippen LogP contribution is 2.42. The van der Waals surface area contributed by atoms with Crippen molar-refractivity contribution in [1.29, 1.82) is 0 Å². The van der Waals surface area contributed by atoms with E-state index in [0.29, 0.717) is 0 Å². The smallest absolute Gasteiger partial charge is 0.321 e. The minimum atomic E-state index is -4.25. The van der Waals surface area contributed by atoms with Crippen LogP contribution in [0.2, 0.25) is 0 Å². The summed E-state index contributed by atoms with van der Waals surface area (Å²) in [5, 5.41) is 0. The molecule has 8 heavy (non-hydrogen) atoms. The van der Waals surface area contributed by atoms with E-state index in [1.807, 2.05) is 0 Å². The van der Waals surface area contributed by atoms with Gasteiger partial charge in [-0.1, -0.05) is 6.08 Å². The quantitative estimate of drug-likeness (QED) is 0.476. The van der Waals surface area contributed by atoms with Gasteiger partial charge in [0.2, 0.25) is 0 Å². The summed E-state index contributed by atoms with van der Waals surface area (Å²) in [5.74, 6) is 0. The van der Waals surface area contributed by atoms with Crippen molar-refractivity contribution in [1.82, 2.24) is 0 Å². The first-order valence-corrected chi connectivity index (χ1v) is 3.92. The molecule has 0 bridgehead atoms. The monoisotopic (exact) mass is 138 g/mol. The lowest BCUT2D eigenvalue weighted by Gasteiger charge is -1.94. The Kier molecular flexibility index (Phi) is 2.95. The first-order chi connectivity index (χ1) is 3.56. The molecule has 0 heterocycles. The van der Waals surface area contributed by atoms with Crippen LogP contribution in [0.5, 0.6) is 0 Å². The van der Waals surface area contributed by atoms with Gasteiger partial charge in [0.1, 0.15) is 0 Å². The molecule has 0 aliphatic rings.